The van der Waals surface area contributed by atoms with Gasteiger partial charge in [0.05, 0.1) is 12.1 Å². The van der Waals surface area contributed by atoms with Crippen molar-refractivity contribution in [2.75, 3.05) is 26.2 Å². The van der Waals surface area contributed by atoms with Crippen LogP contribution in [0.2, 0.25) is 0 Å². The number of carbonyl (C=O) groups excluding carboxylic acids is 2. The van der Waals surface area contributed by atoms with Gasteiger partial charge in [-0.25, -0.2) is 4.79 Å². The third-order valence-electron chi connectivity index (χ3n) is 5.21. The van der Waals surface area contributed by atoms with Crippen LogP contribution in [0, 0.1) is 0 Å². The Hall–Kier alpha value is -2.08. The normalized spacial score (nSPS) is 19.0. The van der Waals surface area contributed by atoms with E-state index in [0.29, 0.717) is 38.2 Å². The summed E-state index contributed by atoms with van der Waals surface area (Å²) in [7, 11) is 0. The van der Waals surface area contributed by atoms with Crippen molar-refractivity contribution in [1.82, 2.24) is 9.80 Å². The van der Waals surface area contributed by atoms with Gasteiger partial charge in [-0.3, -0.25) is 4.79 Å². The molecule has 2 aliphatic rings. The molecule has 0 unspecified atom stereocenters. The first-order chi connectivity index (χ1) is 12.3. The van der Waals surface area contributed by atoms with Crippen LogP contribution in [0.4, 0.5) is 4.79 Å². The van der Waals surface area contributed by atoms with Gasteiger partial charge in [-0.2, -0.15) is 0 Å². The summed E-state index contributed by atoms with van der Waals surface area (Å²) in [5, 5.41) is 9.82. The molecule has 0 spiro atoms. The number of carbonyl (C=O) groups is 2. The number of amides is 2. The monoisotopic (exact) mass is 360 g/mol. The summed E-state index contributed by atoms with van der Waals surface area (Å²) < 4.78 is 5.01. The van der Waals surface area contributed by atoms with E-state index in [9.17, 15) is 14.7 Å². The molecule has 142 valence electrons. The van der Waals surface area contributed by atoms with Crippen LogP contribution < -0.4 is 0 Å². The number of rotatable bonds is 5. The van der Waals surface area contributed by atoms with Crippen LogP contribution in [-0.2, 0) is 11.2 Å². The third-order valence-corrected chi connectivity index (χ3v) is 5.21. The second-order valence-corrected chi connectivity index (χ2v) is 7.84. The van der Waals surface area contributed by atoms with Gasteiger partial charge in [0.2, 0.25) is 0 Å². The summed E-state index contributed by atoms with van der Waals surface area (Å²) in [5.74, 6) is 0.0430. The van der Waals surface area contributed by atoms with E-state index in [2.05, 4.69) is 0 Å². The van der Waals surface area contributed by atoms with E-state index in [1.807, 2.05) is 29.2 Å². The maximum Gasteiger partial charge on any atom is 0.410 e. The summed E-state index contributed by atoms with van der Waals surface area (Å²) >= 11 is 0. The highest BCUT2D eigenvalue weighted by atomic mass is 16.6. The molecule has 6 heteroatoms. The first-order valence-corrected chi connectivity index (χ1v) is 9.37. The van der Waals surface area contributed by atoms with Gasteiger partial charge in [0.15, 0.2) is 0 Å². The lowest BCUT2D eigenvalue weighted by Gasteiger charge is -2.35. The fourth-order valence-electron chi connectivity index (χ4n) is 3.56. The predicted octanol–water partition coefficient (Wildman–Crippen LogP) is 2.45. The lowest BCUT2D eigenvalue weighted by atomic mass is 9.98. The number of cyclic esters (lactones) is 1. The number of hydrogen-bond acceptors (Lipinski definition) is 4. The molecule has 0 aromatic heterocycles. The molecule has 2 saturated heterocycles. The third kappa shape index (κ3) is 4.55. The highest BCUT2D eigenvalue weighted by molar-refractivity contribution is 5.94. The van der Waals surface area contributed by atoms with Crippen LogP contribution in [0.25, 0.3) is 0 Å². The van der Waals surface area contributed by atoms with Crippen molar-refractivity contribution in [3.8, 4) is 0 Å². The molecule has 0 aliphatic carbocycles. The number of nitrogens with zero attached hydrogens (tertiary/aromatic N) is 2. The van der Waals surface area contributed by atoms with Gasteiger partial charge >= 0.3 is 6.09 Å². The largest absolute Gasteiger partial charge is 0.448 e. The zero-order chi connectivity index (χ0) is 18.7. The Labute approximate surface area is 154 Å². The Morgan fingerprint density at radius 2 is 1.85 bits per heavy atom. The van der Waals surface area contributed by atoms with Gasteiger partial charge in [0.1, 0.15) is 6.61 Å². The minimum absolute atomic E-state index is 0.0430. The molecule has 6 nitrogen and oxygen atoms in total. The molecule has 1 N–H and O–H groups in total. The highest BCUT2D eigenvalue weighted by Gasteiger charge is 2.33. The van der Waals surface area contributed by atoms with Crippen LogP contribution in [-0.4, -0.2) is 64.8 Å². The van der Waals surface area contributed by atoms with Crippen LogP contribution in [0.15, 0.2) is 24.3 Å². The number of aliphatic hydroxyl groups is 1. The van der Waals surface area contributed by atoms with Gasteiger partial charge in [0, 0.05) is 24.7 Å². The number of hydrogen-bond donors (Lipinski definition) is 1. The Balaban J connectivity index is 1.52. The summed E-state index contributed by atoms with van der Waals surface area (Å²) in [6.07, 6.45) is 2.84. The number of piperidine rings is 1. The predicted molar refractivity (Wildman–Crippen MR) is 98.0 cm³/mol. The molecule has 0 atom stereocenters. The summed E-state index contributed by atoms with van der Waals surface area (Å²) in [6.45, 7) is 6.05. The summed E-state index contributed by atoms with van der Waals surface area (Å²) in [4.78, 5) is 28.0. The van der Waals surface area contributed by atoms with E-state index in [4.69, 9.17) is 4.74 Å². The Bertz CT molecular complexity index is 643. The first kappa shape index (κ1) is 18.7. The SMILES string of the molecule is CC(C)(O)CCc1ccc(C(=O)N2CCC(N3CCOC3=O)CC2)cc1. The molecule has 2 aliphatic heterocycles. The van der Waals surface area contributed by atoms with E-state index in [-0.39, 0.29) is 18.0 Å². The molecular formula is C20H28N2O4. The molecule has 0 bridgehead atoms. The zero-order valence-corrected chi connectivity index (χ0v) is 15.6. The fraction of sp³-hybridized carbons (Fsp3) is 0.600. The van der Waals surface area contributed by atoms with E-state index in [1.54, 1.807) is 18.7 Å². The van der Waals surface area contributed by atoms with Crippen molar-refractivity contribution in [1.29, 1.82) is 0 Å². The first-order valence-electron chi connectivity index (χ1n) is 9.37. The maximum atomic E-state index is 12.7. The molecule has 26 heavy (non-hydrogen) atoms. The maximum absolute atomic E-state index is 12.7. The average Bonchev–Trinajstić information content (AvgIpc) is 3.05. The molecule has 0 saturated carbocycles. The van der Waals surface area contributed by atoms with E-state index >= 15 is 0 Å². The van der Waals surface area contributed by atoms with Crippen LogP contribution in [0.1, 0.15) is 49.0 Å². The topological polar surface area (TPSA) is 70.1 Å². The highest BCUT2D eigenvalue weighted by Crippen LogP contribution is 2.21. The second-order valence-electron chi connectivity index (χ2n) is 7.84. The van der Waals surface area contributed by atoms with Crippen LogP contribution in [0.5, 0.6) is 0 Å². The lowest BCUT2D eigenvalue weighted by Crippen LogP contribution is -2.47. The van der Waals surface area contributed by atoms with E-state index in [1.165, 1.54) is 0 Å². The van der Waals surface area contributed by atoms with Crippen molar-refractivity contribution in [2.24, 2.45) is 0 Å². The second kappa shape index (κ2) is 7.66. The number of benzene rings is 1. The van der Waals surface area contributed by atoms with Crippen molar-refractivity contribution < 1.29 is 19.4 Å². The van der Waals surface area contributed by atoms with Crippen molar-refractivity contribution >= 4 is 12.0 Å². The van der Waals surface area contributed by atoms with E-state index in [0.717, 1.165) is 24.8 Å². The molecule has 2 amide bonds. The standard InChI is InChI=1S/C20H28N2O4/c1-20(2,25)10-7-15-3-5-16(6-4-15)18(23)21-11-8-17(9-12-21)22-13-14-26-19(22)24/h3-6,17,25H,7-14H2,1-2H3. The van der Waals surface area contributed by atoms with Crippen LogP contribution in [0.3, 0.4) is 0 Å². The van der Waals surface area contributed by atoms with Crippen molar-refractivity contribution in [2.45, 2.75) is 51.2 Å². The Morgan fingerprint density at radius 1 is 1.19 bits per heavy atom. The molecule has 2 fully saturated rings. The molecule has 2 heterocycles. The zero-order valence-electron chi connectivity index (χ0n) is 15.6. The fourth-order valence-corrected chi connectivity index (χ4v) is 3.56. The Kier molecular flexibility index (Phi) is 5.51. The summed E-state index contributed by atoms with van der Waals surface area (Å²) in [5.41, 5.74) is 1.13. The minimum Gasteiger partial charge on any atom is -0.448 e. The molecular weight excluding hydrogens is 332 g/mol. The quantitative estimate of drug-likeness (QED) is 0.876. The number of ether oxygens (including phenoxy) is 1. The smallest absolute Gasteiger partial charge is 0.410 e. The number of likely N-dealkylation sites (tertiary alicyclic amines) is 1. The van der Waals surface area contributed by atoms with Crippen molar-refractivity contribution in [3.63, 3.8) is 0 Å². The van der Waals surface area contributed by atoms with Gasteiger partial charge in [0.25, 0.3) is 5.91 Å². The van der Waals surface area contributed by atoms with Gasteiger partial charge in [-0.05, 0) is 57.2 Å². The average molecular weight is 360 g/mol. The molecule has 1 aromatic carbocycles. The lowest BCUT2D eigenvalue weighted by molar-refractivity contribution is 0.0656. The molecule has 3 rings (SSSR count). The Morgan fingerprint density at radius 3 is 2.38 bits per heavy atom. The number of aryl methyl sites for hydroxylation is 1. The molecule has 1 aromatic rings. The van der Waals surface area contributed by atoms with E-state index < -0.39 is 5.60 Å². The molecule has 0 radical (unpaired) electrons. The van der Waals surface area contributed by atoms with Crippen LogP contribution >= 0.6 is 0 Å². The van der Waals surface area contributed by atoms with Crippen molar-refractivity contribution in [3.05, 3.63) is 35.4 Å². The van der Waals surface area contributed by atoms with Gasteiger partial charge in [-0.1, -0.05) is 12.1 Å². The van der Waals surface area contributed by atoms with Gasteiger partial charge in [-0.15, -0.1) is 0 Å². The summed E-state index contributed by atoms with van der Waals surface area (Å²) in [6, 6.07) is 7.84. The van der Waals surface area contributed by atoms with Gasteiger partial charge < -0.3 is 19.6 Å². The minimum atomic E-state index is -0.680.